The number of aromatic hydroxyl groups is 3. The number of rotatable bonds is 5. The van der Waals surface area contributed by atoms with Gasteiger partial charge in [0.05, 0.1) is 5.01 Å². The van der Waals surface area contributed by atoms with Gasteiger partial charge in [0.1, 0.15) is 0 Å². The van der Waals surface area contributed by atoms with Gasteiger partial charge in [-0.3, -0.25) is 0 Å². The lowest BCUT2D eigenvalue weighted by Crippen LogP contribution is -2.16. The van der Waals surface area contributed by atoms with Crippen LogP contribution in [0.1, 0.15) is 16.3 Å². The number of nitrogens with zero attached hydrogens (tertiary/aromatic N) is 1. The molecule has 5 nitrogen and oxygen atoms in total. The van der Waals surface area contributed by atoms with E-state index in [0.717, 1.165) is 23.7 Å². The molecule has 0 saturated carbocycles. The van der Waals surface area contributed by atoms with Gasteiger partial charge in [0.15, 0.2) is 11.5 Å². The van der Waals surface area contributed by atoms with E-state index >= 15 is 0 Å². The van der Waals surface area contributed by atoms with Crippen LogP contribution in [-0.4, -0.2) is 26.8 Å². The summed E-state index contributed by atoms with van der Waals surface area (Å²) in [5.74, 6) is -1.08. The van der Waals surface area contributed by atoms with Gasteiger partial charge in [0, 0.05) is 36.1 Å². The van der Waals surface area contributed by atoms with Crippen molar-refractivity contribution in [3.8, 4) is 17.2 Å². The van der Waals surface area contributed by atoms with Crippen LogP contribution in [-0.2, 0) is 13.0 Å². The molecule has 0 aliphatic rings. The fraction of sp³-hybridized carbons (Fsp3) is 0.308. The summed E-state index contributed by atoms with van der Waals surface area (Å²) in [4.78, 5) is 4.35. The fourth-order valence-corrected chi connectivity index (χ4v) is 2.47. The number of nitrogens with one attached hydrogen (secondary N) is 1. The van der Waals surface area contributed by atoms with E-state index in [1.807, 2.05) is 12.3 Å². The van der Waals surface area contributed by atoms with Crippen molar-refractivity contribution in [1.29, 1.82) is 0 Å². The number of phenols is 3. The van der Waals surface area contributed by atoms with Crippen LogP contribution in [0.3, 0.4) is 0 Å². The second-order valence-corrected chi connectivity index (χ2v) is 5.19. The van der Waals surface area contributed by atoms with E-state index in [-0.39, 0.29) is 11.5 Å². The largest absolute Gasteiger partial charge is 0.504 e. The van der Waals surface area contributed by atoms with E-state index < -0.39 is 5.75 Å². The molecule has 0 bridgehead atoms. The summed E-state index contributed by atoms with van der Waals surface area (Å²) in [7, 11) is 0. The first kappa shape index (κ1) is 13.6. The number of aryl methyl sites for hydroxylation is 1. The van der Waals surface area contributed by atoms with Gasteiger partial charge in [0.25, 0.3) is 0 Å². The van der Waals surface area contributed by atoms with E-state index in [9.17, 15) is 15.3 Å². The Kier molecular flexibility index (Phi) is 4.24. The smallest absolute Gasteiger partial charge is 0.200 e. The first-order valence-corrected chi connectivity index (χ1v) is 6.80. The van der Waals surface area contributed by atoms with Crippen LogP contribution in [0.2, 0.25) is 0 Å². The second kappa shape index (κ2) is 5.90. The minimum absolute atomic E-state index is 0.280. The number of aromatic nitrogens is 1. The van der Waals surface area contributed by atoms with Crippen LogP contribution < -0.4 is 5.32 Å². The van der Waals surface area contributed by atoms with Crippen molar-refractivity contribution in [3.63, 3.8) is 0 Å². The monoisotopic (exact) mass is 280 g/mol. The highest BCUT2D eigenvalue weighted by molar-refractivity contribution is 7.09. The van der Waals surface area contributed by atoms with E-state index in [2.05, 4.69) is 10.3 Å². The van der Waals surface area contributed by atoms with E-state index in [1.165, 1.54) is 6.07 Å². The van der Waals surface area contributed by atoms with Crippen molar-refractivity contribution in [1.82, 2.24) is 10.3 Å². The topological polar surface area (TPSA) is 85.6 Å². The highest BCUT2D eigenvalue weighted by Crippen LogP contribution is 2.36. The van der Waals surface area contributed by atoms with Crippen LogP contribution in [0.25, 0.3) is 0 Å². The van der Waals surface area contributed by atoms with Crippen LogP contribution in [0.15, 0.2) is 17.5 Å². The first-order valence-electron chi connectivity index (χ1n) is 5.92. The molecule has 0 spiro atoms. The second-order valence-electron chi connectivity index (χ2n) is 4.25. The SMILES string of the molecule is Cc1csc(CCNCc2ccc(O)c(O)c2O)n1. The predicted octanol–water partition coefficient (Wildman–Crippen LogP) is 1.90. The molecule has 1 aromatic heterocycles. The van der Waals surface area contributed by atoms with Crippen molar-refractivity contribution in [2.75, 3.05) is 6.54 Å². The van der Waals surface area contributed by atoms with Crippen LogP contribution >= 0.6 is 11.3 Å². The van der Waals surface area contributed by atoms with Gasteiger partial charge in [-0.2, -0.15) is 0 Å². The molecule has 1 aromatic carbocycles. The zero-order chi connectivity index (χ0) is 13.8. The van der Waals surface area contributed by atoms with Crippen molar-refractivity contribution in [2.45, 2.75) is 19.9 Å². The number of benzene rings is 1. The fourth-order valence-electron chi connectivity index (χ4n) is 1.69. The van der Waals surface area contributed by atoms with Crippen molar-refractivity contribution in [2.24, 2.45) is 0 Å². The lowest BCUT2D eigenvalue weighted by Gasteiger charge is -2.08. The zero-order valence-electron chi connectivity index (χ0n) is 10.6. The molecule has 0 atom stereocenters. The number of thiazole rings is 1. The van der Waals surface area contributed by atoms with Gasteiger partial charge in [0.2, 0.25) is 5.75 Å². The Morgan fingerprint density at radius 1 is 1.21 bits per heavy atom. The molecule has 0 aliphatic heterocycles. The summed E-state index contributed by atoms with van der Waals surface area (Å²) in [6, 6.07) is 2.93. The summed E-state index contributed by atoms with van der Waals surface area (Å²) >= 11 is 1.63. The quantitative estimate of drug-likeness (QED) is 0.496. The molecule has 4 N–H and O–H groups in total. The molecule has 19 heavy (non-hydrogen) atoms. The Morgan fingerprint density at radius 2 is 2.00 bits per heavy atom. The molecule has 0 unspecified atom stereocenters. The molecule has 0 fully saturated rings. The summed E-state index contributed by atoms with van der Waals surface area (Å²) in [6.07, 6.45) is 0.823. The molecule has 6 heteroatoms. The highest BCUT2D eigenvalue weighted by Gasteiger charge is 2.10. The van der Waals surface area contributed by atoms with Crippen molar-refractivity contribution >= 4 is 11.3 Å². The summed E-state index contributed by atoms with van der Waals surface area (Å²) in [6.45, 7) is 3.11. The third kappa shape index (κ3) is 3.36. The van der Waals surface area contributed by atoms with E-state index in [0.29, 0.717) is 12.1 Å². The molecule has 0 aliphatic carbocycles. The Labute approximate surface area is 115 Å². The maximum Gasteiger partial charge on any atom is 0.200 e. The maximum absolute atomic E-state index is 9.64. The van der Waals surface area contributed by atoms with Gasteiger partial charge in [-0.05, 0) is 13.0 Å². The molecule has 2 aromatic rings. The van der Waals surface area contributed by atoms with Gasteiger partial charge >= 0.3 is 0 Å². The standard InChI is InChI=1S/C13H16N2O3S/c1-8-7-19-11(15-8)4-5-14-6-9-2-3-10(16)13(18)12(9)17/h2-3,7,14,16-18H,4-6H2,1H3. The molecular weight excluding hydrogens is 264 g/mol. The predicted molar refractivity (Wildman–Crippen MR) is 73.7 cm³/mol. The van der Waals surface area contributed by atoms with Gasteiger partial charge in [-0.15, -0.1) is 11.3 Å². The van der Waals surface area contributed by atoms with Gasteiger partial charge < -0.3 is 20.6 Å². The number of hydrogen-bond acceptors (Lipinski definition) is 6. The summed E-state index contributed by atoms with van der Waals surface area (Å²) in [5.41, 5.74) is 1.58. The van der Waals surface area contributed by atoms with Gasteiger partial charge in [-0.1, -0.05) is 6.07 Å². The Hall–Kier alpha value is -1.79. The minimum Gasteiger partial charge on any atom is -0.504 e. The maximum atomic E-state index is 9.64. The zero-order valence-corrected chi connectivity index (χ0v) is 11.4. The third-order valence-corrected chi connectivity index (χ3v) is 3.74. The van der Waals surface area contributed by atoms with E-state index in [1.54, 1.807) is 17.4 Å². The average Bonchev–Trinajstić information content (AvgIpc) is 2.80. The average molecular weight is 280 g/mol. The first-order chi connectivity index (χ1) is 9.08. The van der Waals surface area contributed by atoms with Crippen molar-refractivity contribution in [3.05, 3.63) is 33.8 Å². The van der Waals surface area contributed by atoms with Crippen molar-refractivity contribution < 1.29 is 15.3 Å². The number of phenolic OH excluding ortho intramolecular Hbond substituents is 3. The third-order valence-electron chi connectivity index (χ3n) is 2.71. The molecule has 0 radical (unpaired) electrons. The molecule has 0 amide bonds. The Morgan fingerprint density at radius 3 is 2.68 bits per heavy atom. The molecule has 2 rings (SSSR count). The molecule has 102 valence electrons. The molecular formula is C13H16N2O3S. The van der Waals surface area contributed by atoms with E-state index in [4.69, 9.17) is 0 Å². The summed E-state index contributed by atoms with van der Waals surface area (Å²) in [5, 5.41) is 34.5. The lowest BCUT2D eigenvalue weighted by atomic mass is 10.1. The van der Waals surface area contributed by atoms with Crippen LogP contribution in [0, 0.1) is 6.92 Å². The van der Waals surface area contributed by atoms with Gasteiger partial charge in [-0.25, -0.2) is 4.98 Å². The molecule has 1 heterocycles. The minimum atomic E-state index is -0.477. The Bertz CT molecular complexity index is 569. The van der Waals surface area contributed by atoms with Crippen LogP contribution in [0.5, 0.6) is 17.2 Å². The molecule has 0 saturated heterocycles. The number of hydrogen-bond donors (Lipinski definition) is 4. The van der Waals surface area contributed by atoms with Crippen LogP contribution in [0.4, 0.5) is 0 Å². The lowest BCUT2D eigenvalue weighted by molar-refractivity contribution is 0.364. The normalized spacial score (nSPS) is 10.8. The Balaban J connectivity index is 1.84. The highest BCUT2D eigenvalue weighted by atomic mass is 32.1. The summed E-state index contributed by atoms with van der Waals surface area (Å²) < 4.78 is 0.